The molecule has 0 saturated carbocycles. The second-order valence-corrected chi connectivity index (χ2v) is 28.0. The van der Waals surface area contributed by atoms with Crippen molar-refractivity contribution in [1.82, 2.24) is 5.32 Å². The van der Waals surface area contributed by atoms with E-state index in [0.717, 1.165) is 64.2 Å². The van der Waals surface area contributed by atoms with Gasteiger partial charge in [0.05, 0.1) is 39.9 Å². The molecule has 0 aromatic rings. The number of aliphatic hydroxyl groups is 1. The first-order chi connectivity index (χ1) is 41.5. The number of quaternary nitrogens is 1. The molecule has 8 nitrogen and oxygen atoms in total. The molecule has 85 heavy (non-hydrogen) atoms. The number of carbonyl (C=O) groups is 1. The Morgan fingerprint density at radius 2 is 0.718 bits per heavy atom. The van der Waals surface area contributed by atoms with Crippen LogP contribution in [0.5, 0.6) is 0 Å². The van der Waals surface area contributed by atoms with Crippen LogP contribution in [0.3, 0.4) is 0 Å². The van der Waals surface area contributed by atoms with Gasteiger partial charge in [0, 0.05) is 6.42 Å². The van der Waals surface area contributed by atoms with Gasteiger partial charge in [-0.2, -0.15) is 0 Å². The number of phosphoric ester groups is 1. The van der Waals surface area contributed by atoms with Crippen molar-refractivity contribution in [3.63, 3.8) is 0 Å². The van der Waals surface area contributed by atoms with Crippen LogP contribution >= 0.6 is 7.82 Å². The number of rotatable bonds is 69. The summed E-state index contributed by atoms with van der Waals surface area (Å²) in [6.07, 6.45) is 92.2. The van der Waals surface area contributed by atoms with E-state index in [2.05, 4.69) is 67.8 Å². The number of phosphoric acid groups is 1. The van der Waals surface area contributed by atoms with Gasteiger partial charge in [-0.05, 0) is 57.8 Å². The summed E-state index contributed by atoms with van der Waals surface area (Å²) in [7, 11) is 1.28. The Bertz CT molecular complexity index is 1570. The molecule has 0 heterocycles. The maximum absolute atomic E-state index is 13.1. The fourth-order valence-electron chi connectivity index (χ4n) is 11.3. The topological polar surface area (TPSA) is 108 Å². The zero-order valence-corrected chi connectivity index (χ0v) is 58.2. The van der Waals surface area contributed by atoms with Crippen molar-refractivity contribution in [2.24, 2.45) is 0 Å². The van der Waals surface area contributed by atoms with Gasteiger partial charge in [0.15, 0.2) is 0 Å². The average molecular weight is 1210 g/mol. The molecule has 3 atom stereocenters. The molecule has 0 aromatic carbocycles. The summed E-state index contributed by atoms with van der Waals surface area (Å²) in [6.45, 7) is 4.59. The lowest BCUT2D eigenvalue weighted by Gasteiger charge is -2.29. The third-order valence-electron chi connectivity index (χ3n) is 17.0. The van der Waals surface area contributed by atoms with Crippen LogP contribution in [0.2, 0.25) is 0 Å². The average Bonchev–Trinajstić information content (AvgIpc) is 3.49. The van der Waals surface area contributed by atoms with E-state index in [-0.39, 0.29) is 19.1 Å². The first-order valence-electron chi connectivity index (χ1n) is 37.2. The van der Waals surface area contributed by atoms with Gasteiger partial charge < -0.3 is 28.8 Å². The first-order valence-corrected chi connectivity index (χ1v) is 38.6. The summed E-state index contributed by atoms with van der Waals surface area (Å²) in [5.74, 6) is -0.191. The second-order valence-electron chi connectivity index (χ2n) is 26.6. The molecule has 0 fully saturated rings. The Kier molecular flexibility index (Phi) is 65.2. The quantitative estimate of drug-likeness (QED) is 0.0272. The standard InChI is InChI=1S/C76H145N2O6P/c1-6-8-10-12-14-16-18-20-22-24-26-28-30-32-34-36-38-39-40-42-44-46-48-50-52-54-56-58-60-62-64-66-68-70-76(80)77-74(73-84-85(81,82)83-72-71-78(3,4)5)75(79)69-67-65-63-61-59-57-55-53-51-49-47-45-43-41-37-35-33-31-29-27-25-23-21-19-17-15-13-11-9-7-2/h8,10,14,16,20,22,26,28,67,69,74-75,79H,6-7,9,11-13,15,17-19,21,23-25,27,29-66,68,70-73H2,1-5H3,(H-,77,80,81,82)/b10-8-,16-14-,22-20-,28-26-,69-67+. The fraction of sp³-hybridized carbons (Fsp3) is 0.855. The van der Waals surface area contributed by atoms with E-state index in [1.807, 2.05) is 27.2 Å². The van der Waals surface area contributed by atoms with Crippen LogP contribution < -0.4 is 10.2 Å². The van der Waals surface area contributed by atoms with Gasteiger partial charge in [-0.25, -0.2) is 0 Å². The van der Waals surface area contributed by atoms with Crippen molar-refractivity contribution in [3.05, 3.63) is 60.8 Å². The van der Waals surface area contributed by atoms with Crippen molar-refractivity contribution >= 4 is 13.7 Å². The number of nitrogens with zero attached hydrogens (tertiary/aromatic N) is 1. The van der Waals surface area contributed by atoms with Gasteiger partial charge in [0.1, 0.15) is 13.2 Å². The van der Waals surface area contributed by atoms with Crippen LogP contribution in [0.25, 0.3) is 0 Å². The van der Waals surface area contributed by atoms with E-state index in [0.29, 0.717) is 17.4 Å². The van der Waals surface area contributed by atoms with E-state index in [9.17, 15) is 19.4 Å². The molecule has 0 aliphatic heterocycles. The van der Waals surface area contributed by atoms with Crippen LogP contribution in [0.15, 0.2) is 60.8 Å². The van der Waals surface area contributed by atoms with Crippen LogP contribution in [0.4, 0.5) is 0 Å². The zero-order chi connectivity index (χ0) is 61.9. The lowest BCUT2D eigenvalue weighted by atomic mass is 10.0. The highest BCUT2D eigenvalue weighted by Crippen LogP contribution is 2.38. The molecule has 0 radical (unpaired) electrons. The number of aliphatic hydroxyl groups excluding tert-OH is 1. The maximum atomic E-state index is 13.1. The molecule has 0 spiro atoms. The summed E-state index contributed by atoms with van der Waals surface area (Å²) >= 11 is 0. The van der Waals surface area contributed by atoms with E-state index in [1.54, 1.807) is 6.08 Å². The number of hydrogen-bond acceptors (Lipinski definition) is 6. The summed E-state index contributed by atoms with van der Waals surface area (Å²) in [6, 6.07) is -0.889. The minimum Gasteiger partial charge on any atom is -0.756 e. The summed E-state index contributed by atoms with van der Waals surface area (Å²) < 4.78 is 23.5. The van der Waals surface area contributed by atoms with Crippen molar-refractivity contribution in [2.45, 2.75) is 379 Å². The highest BCUT2D eigenvalue weighted by molar-refractivity contribution is 7.45. The van der Waals surface area contributed by atoms with Gasteiger partial charge in [0.2, 0.25) is 5.91 Å². The lowest BCUT2D eigenvalue weighted by Crippen LogP contribution is -2.45. The number of hydrogen-bond donors (Lipinski definition) is 2. The molecule has 0 aliphatic rings. The molecule has 500 valence electrons. The molecular weight excluding hydrogens is 1070 g/mol. The monoisotopic (exact) mass is 1210 g/mol. The Morgan fingerprint density at radius 1 is 0.424 bits per heavy atom. The predicted octanol–water partition coefficient (Wildman–Crippen LogP) is 23.3. The Balaban J connectivity index is 4.01. The third kappa shape index (κ3) is 69.5. The summed E-state index contributed by atoms with van der Waals surface area (Å²) in [5, 5.41) is 14.0. The minimum absolute atomic E-state index is 0.0000398. The third-order valence-corrected chi connectivity index (χ3v) is 17.9. The molecule has 0 bridgehead atoms. The summed E-state index contributed by atoms with van der Waals surface area (Å²) in [5.41, 5.74) is 0. The summed E-state index contributed by atoms with van der Waals surface area (Å²) in [4.78, 5) is 25.7. The normalized spacial score (nSPS) is 13.9. The Labute approximate surface area is 530 Å². The number of nitrogens with one attached hydrogen (secondary N) is 1. The molecule has 0 saturated heterocycles. The van der Waals surface area contributed by atoms with Crippen molar-refractivity contribution < 1.29 is 32.9 Å². The highest BCUT2D eigenvalue weighted by atomic mass is 31.2. The number of allylic oxidation sites excluding steroid dienone is 9. The van der Waals surface area contributed by atoms with Crippen molar-refractivity contribution in [2.75, 3.05) is 40.9 Å². The number of amides is 1. The zero-order valence-electron chi connectivity index (χ0n) is 57.3. The van der Waals surface area contributed by atoms with Gasteiger partial charge >= 0.3 is 0 Å². The molecule has 0 rings (SSSR count). The first kappa shape index (κ1) is 83.2. The van der Waals surface area contributed by atoms with E-state index in [1.165, 1.54) is 283 Å². The second kappa shape index (κ2) is 66.6. The van der Waals surface area contributed by atoms with Gasteiger partial charge in [-0.15, -0.1) is 0 Å². The van der Waals surface area contributed by atoms with Gasteiger partial charge in [-0.1, -0.05) is 364 Å². The van der Waals surface area contributed by atoms with Crippen LogP contribution in [-0.4, -0.2) is 68.5 Å². The van der Waals surface area contributed by atoms with E-state index < -0.39 is 20.0 Å². The molecule has 9 heteroatoms. The number of likely N-dealkylation sites (N-methyl/N-ethyl adjacent to an activating group) is 1. The highest BCUT2D eigenvalue weighted by Gasteiger charge is 2.23. The molecule has 0 aromatic heterocycles. The fourth-order valence-corrected chi connectivity index (χ4v) is 12.0. The lowest BCUT2D eigenvalue weighted by molar-refractivity contribution is -0.870. The van der Waals surface area contributed by atoms with E-state index in [4.69, 9.17) is 9.05 Å². The van der Waals surface area contributed by atoms with Crippen LogP contribution in [-0.2, 0) is 18.4 Å². The molecule has 0 aliphatic carbocycles. The van der Waals surface area contributed by atoms with Crippen molar-refractivity contribution in [1.29, 1.82) is 0 Å². The largest absolute Gasteiger partial charge is 0.756 e. The van der Waals surface area contributed by atoms with Gasteiger partial charge in [0.25, 0.3) is 7.82 Å². The maximum Gasteiger partial charge on any atom is 0.268 e. The van der Waals surface area contributed by atoms with Crippen LogP contribution in [0.1, 0.15) is 367 Å². The molecule has 2 N–H and O–H groups in total. The predicted molar refractivity (Wildman–Crippen MR) is 371 cm³/mol. The minimum atomic E-state index is -4.61. The van der Waals surface area contributed by atoms with E-state index >= 15 is 0 Å². The Hall–Kier alpha value is -1.80. The molecule has 3 unspecified atom stereocenters. The van der Waals surface area contributed by atoms with Gasteiger partial charge in [-0.3, -0.25) is 9.36 Å². The molecular formula is C76H145N2O6P. The smallest absolute Gasteiger partial charge is 0.268 e. The Morgan fingerprint density at radius 3 is 1.05 bits per heavy atom. The molecule has 1 amide bonds. The van der Waals surface area contributed by atoms with Crippen molar-refractivity contribution in [3.8, 4) is 0 Å². The number of carbonyl (C=O) groups excluding carboxylic acids is 1. The SMILES string of the molecule is CC/C=C\C/C=C\C/C=C\C/C=C\CCCCCCCCCCCCCCCCCCCCCCC(=O)NC(COP(=O)([O-])OCC[N+](C)(C)C)C(O)/C=C/CCCCCCCCCCCCCCCCCCCCCCCCCCCCCC. The number of unbranched alkanes of at least 4 members (excludes halogenated alkanes) is 48. The van der Waals surface area contributed by atoms with Crippen LogP contribution in [0, 0.1) is 0 Å².